The minimum atomic E-state index is -0.548. The lowest BCUT2D eigenvalue weighted by Crippen LogP contribution is -2.46. The first kappa shape index (κ1) is 20.8. The van der Waals surface area contributed by atoms with Crippen LogP contribution in [0.1, 0.15) is 26.3 Å². The van der Waals surface area contributed by atoms with E-state index in [0.717, 1.165) is 38.5 Å². The number of carbonyl (C=O) groups excluding carboxylic acids is 1. The van der Waals surface area contributed by atoms with E-state index in [0.29, 0.717) is 5.82 Å². The maximum atomic E-state index is 11.8. The van der Waals surface area contributed by atoms with Crippen molar-refractivity contribution in [2.24, 2.45) is 0 Å². The predicted molar refractivity (Wildman–Crippen MR) is 116 cm³/mol. The number of benzene rings is 1. The van der Waals surface area contributed by atoms with Gasteiger partial charge in [0.1, 0.15) is 5.60 Å². The van der Waals surface area contributed by atoms with E-state index in [1.54, 1.807) is 6.07 Å². The molecule has 1 aliphatic heterocycles. The van der Waals surface area contributed by atoms with Crippen molar-refractivity contribution in [3.05, 3.63) is 54.1 Å². The largest absolute Gasteiger partial charge is 0.444 e. The maximum absolute atomic E-state index is 11.8. The molecule has 0 saturated carbocycles. The van der Waals surface area contributed by atoms with E-state index in [-0.39, 0.29) is 0 Å². The van der Waals surface area contributed by atoms with Crippen LogP contribution in [0.4, 0.5) is 16.4 Å². The van der Waals surface area contributed by atoms with Crippen molar-refractivity contribution in [1.29, 1.82) is 0 Å². The van der Waals surface area contributed by atoms with E-state index in [9.17, 15) is 4.79 Å². The van der Waals surface area contributed by atoms with E-state index < -0.39 is 11.7 Å². The maximum Gasteiger partial charge on any atom is 0.413 e. The molecule has 7 heteroatoms. The van der Waals surface area contributed by atoms with Crippen LogP contribution in [0, 0.1) is 0 Å². The van der Waals surface area contributed by atoms with Gasteiger partial charge in [0.15, 0.2) is 11.6 Å². The molecule has 154 valence electrons. The van der Waals surface area contributed by atoms with Crippen molar-refractivity contribution in [3.8, 4) is 0 Å². The molecule has 3 rings (SSSR count). The molecule has 0 aliphatic carbocycles. The topological polar surface area (TPSA) is 70.6 Å². The van der Waals surface area contributed by atoms with Gasteiger partial charge in [-0.2, -0.15) is 0 Å². The molecule has 1 aromatic carbocycles. The molecule has 1 aliphatic rings. The molecule has 2 heterocycles. The van der Waals surface area contributed by atoms with Gasteiger partial charge < -0.3 is 9.64 Å². The number of aromatic nitrogens is 2. The molecule has 0 bridgehead atoms. The Labute approximate surface area is 172 Å². The first-order valence-electron chi connectivity index (χ1n) is 9.92. The molecule has 0 atom stereocenters. The summed E-state index contributed by atoms with van der Waals surface area (Å²) in [7, 11) is 0. The van der Waals surface area contributed by atoms with E-state index >= 15 is 0 Å². The molecule has 0 radical (unpaired) electrons. The van der Waals surface area contributed by atoms with Crippen LogP contribution in [-0.4, -0.2) is 59.5 Å². The first-order chi connectivity index (χ1) is 13.9. The van der Waals surface area contributed by atoms with Gasteiger partial charge in [-0.05, 0) is 38.5 Å². The monoisotopic (exact) mass is 395 g/mol. The van der Waals surface area contributed by atoms with Crippen molar-refractivity contribution in [3.63, 3.8) is 0 Å². The summed E-state index contributed by atoms with van der Waals surface area (Å²) in [6.45, 7) is 10.1. The summed E-state index contributed by atoms with van der Waals surface area (Å²) in [4.78, 5) is 16.4. The number of nitrogens with zero attached hydrogens (tertiary/aromatic N) is 4. The van der Waals surface area contributed by atoms with E-state index in [2.05, 4.69) is 49.6 Å². The molecular formula is C22H29N5O2. The zero-order valence-corrected chi connectivity index (χ0v) is 17.3. The van der Waals surface area contributed by atoms with Crippen LogP contribution in [0.2, 0.25) is 0 Å². The van der Waals surface area contributed by atoms with Gasteiger partial charge in [0.25, 0.3) is 0 Å². The van der Waals surface area contributed by atoms with Gasteiger partial charge >= 0.3 is 6.09 Å². The Morgan fingerprint density at radius 1 is 1.07 bits per heavy atom. The number of hydrogen-bond acceptors (Lipinski definition) is 6. The molecular weight excluding hydrogens is 366 g/mol. The highest BCUT2D eigenvalue weighted by atomic mass is 16.6. The van der Waals surface area contributed by atoms with E-state index in [1.807, 2.05) is 45.0 Å². The fraction of sp³-hybridized carbons (Fsp3) is 0.409. The van der Waals surface area contributed by atoms with Crippen molar-refractivity contribution in [2.45, 2.75) is 26.4 Å². The normalized spacial score (nSPS) is 15.5. The van der Waals surface area contributed by atoms with Crippen LogP contribution in [0.3, 0.4) is 0 Å². The van der Waals surface area contributed by atoms with Crippen LogP contribution in [0.5, 0.6) is 0 Å². The Kier molecular flexibility index (Phi) is 6.82. The fourth-order valence-electron chi connectivity index (χ4n) is 3.03. The zero-order valence-electron chi connectivity index (χ0n) is 17.3. The minimum absolute atomic E-state index is 0.382. The van der Waals surface area contributed by atoms with Crippen LogP contribution in [0.15, 0.2) is 48.5 Å². The molecule has 2 aromatic rings. The Bertz CT molecular complexity index is 807. The zero-order chi connectivity index (χ0) is 20.7. The highest BCUT2D eigenvalue weighted by Gasteiger charge is 2.19. The quantitative estimate of drug-likeness (QED) is 0.833. The van der Waals surface area contributed by atoms with Crippen LogP contribution < -0.4 is 10.2 Å². The summed E-state index contributed by atoms with van der Waals surface area (Å²) >= 11 is 0. The molecule has 1 aromatic heterocycles. The lowest BCUT2D eigenvalue weighted by molar-refractivity contribution is 0.0635. The minimum Gasteiger partial charge on any atom is -0.444 e. The predicted octanol–water partition coefficient (Wildman–Crippen LogP) is 3.66. The summed E-state index contributed by atoms with van der Waals surface area (Å²) in [5, 5.41) is 11.0. The Morgan fingerprint density at radius 2 is 1.79 bits per heavy atom. The Balaban J connectivity index is 1.44. The molecule has 7 nitrogen and oxygen atoms in total. The number of amides is 1. The average molecular weight is 396 g/mol. The lowest BCUT2D eigenvalue weighted by Gasteiger charge is -2.34. The van der Waals surface area contributed by atoms with Crippen LogP contribution in [0.25, 0.3) is 6.08 Å². The molecule has 0 unspecified atom stereocenters. The second-order valence-electron chi connectivity index (χ2n) is 8.00. The van der Waals surface area contributed by atoms with Crippen molar-refractivity contribution < 1.29 is 9.53 Å². The summed E-state index contributed by atoms with van der Waals surface area (Å²) in [5.74, 6) is 1.20. The summed E-state index contributed by atoms with van der Waals surface area (Å²) in [5.41, 5.74) is 0.675. The summed E-state index contributed by atoms with van der Waals surface area (Å²) < 4.78 is 5.22. The highest BCUT2D eigenvalue weighted by Crippen LogP contribution is 2.15. The number of hydrogen-bond donors (Lipinski definition) is 1. The SMILES string of the molecule is CC(C)(C)OC(=O)Nc1ccc(N2CCN(C/C=C/c3ccccc3)CC2)nn1. The fourth-order valence-corrected chi connectivity index (χ4v) is 3.03. The highest BCUT2D eigenvalue weighted by molar-refractivity contribution is 5.83. The second-order valence-corrected chi connectivity index (χ2v) is 8.00. The summed E-state index contributed by atoms with van der Waals surface area (Å²) in [6.07, 6.45) is 3.84. The van der Waals surface area contributed by atoms with Crippen LogP contribution >= 0.6 is 0 Å². The molecule has 1 amide bonds. The number of rotatable bonds is 5. The van der Waals surface area contributed by atoms with Crippen molar-refractivity contribution >= 4 is 23.8 Å². The standard InChI is InChI=1S/C22H29N5O2/c1-22(2,3)29-21(28)23-19-11-12-20(25-24-19)27-16-14-26(15-17-27)13-7-10-18-8-5-4-6-9-18/h4-12H,13-17H2,1-3H3,(H,23,24,28)/b10-7+. The van der Waals surface area contributed by atoms with Crippen molar-refractivity contribution in [1.82, 2.24) is 15.1 Å². The first-order valence-corrected chi connectivity index (χ1v) is 9.92. The number of piperazine rings is 1. The average Bonchev–Trinajstić information content (AvgIpc) is 2.68. The summed E-state index contributed by atoms with van der Waals surface area (Å²) in [6, 6.07) is 14.0. The van der Waals surface area contributed by atoms with E-state index in [1.165, 1.54) is 5.56 Å². The van der Waals surface area contributed by atoms with Gasteiger partial charge in [-0.3, -0.25) is 10.2 Å². The molecule has 1 N–H and O–H groups in total. The Hall–Kier alpha value is -2.93. The van der Waals surface area contributed by atoms with Gasteiger partial charge in [0, 0.05) is 32.7 Å². The third-order valence-electron chi connectivity index (χ3n) is 4.45. The number of ether oxygens (including phenoxy) is 1. The van der Waals surface area contributed by atoms with Gasteiger partial charge in [0.05, 0.1) is 0 Å². The third kappa shape index (κ3) is 6.87. The number of anilines is 2. The van der Waals surface area contributed by atoms with Crippen LogP contribution in [-0.2, 0) is 4.74 Å². The second kappa shape index (κ2) is 9.52. The van der Waals surface area contributed by atoms with Gasteiger partial charge in [-0.15, -0.1) is 10.2 Å². The number of nitrogens with one attached hydrogen (secondary N) is 1. The van der Waals surface area contributed by atoms with E-state index in [4.69, 9.17) is 4.74 Å². The van der Waals surface area contributed by atoms with Gasteiger partial charge in [0.2, 0.25) is 0 Å². The van der Waals surface area contributed by atoms with Gasteiger partial charge in [-0.1, -0.05) is 42.5 Å². The molecule has 0 spiro atoms. The van der Waals surface area contributed by atoms with Crippen molar-refractivity contribution in [2.75, 3.05) is 42.9 Å². The van der Waals surface area contributed by atoms with Gasteiger partial charge in [-0.25, -0.2) is 4.79 Å². The Morgan fingerprint density at radius 3 is 2.41 bits per heavy atom. The number of carbonyl (C=O) groups is 1. The smallest absolute Gasteiger partial charge is 0.413 e. The molecule has 29 heavy (non-hydrogen) atoms. The molecule has 1 fully saturated rings. The molecule has 1 saturated heterocycles. The lowest BCUT2D eigenvalue weighted by atomic mass is 10.2. The third-order valence-corrected chi connectivity index (χ3v) is 4.45.